The van der Waals surface area contributed by atoms with Gasteiger partial charge in [-0.1, -0.05) is 26.0 Å². The van der Waals surface area contributed by atoms with Crippen molar-refractivity contribution >= 4 is 28.6 Å². The standard InChI is InChI=1S/C28H31FN4O3/c1-16(2)26-25(17-3-5-19(29)6-4-17)21-9-18(13-30)23(31)10-22(21)27(32-26)36-20-11-28(12-20)7-8-33(15-28)14-24(34)35/h3-6,9-10,13,16,20,30H,7-8,11-12,14-15,31H2,1-2H3,(H,34,35). The number of rotatable bonds is 7. The van der Waals surface area contributed by atoms with Gasteiger partial charge in [-0.15, -0.1) is 0 Å². The number of anilines is 1. The first-order chi connectivity index (χ1) is 17.2. The molecule has 0 amide bonds. The lowest BCUT2D eigenvalue weighted by Crippen LogP contribution is -2.46. The maximum absolute atomic E-state index is 13.7. The molecule has 2 aromatic carbocycles. The van der Waals surface area contributed by atoms with Crippen LogP contribution in [0.25, 0.3) is 21.9 Å². The highest BCUT2D eigenvalue weighted by Gasteiger charge is 2.50. The SMILES string of the molecule is CC(C)c1nc(OC2CC3(CCN(CC(=O)O)C3)C2)c2cc(N)c(C=N)cc2c1-c1ccc(F)cc1. The van der Waals surface area contributed by atoms with Crippen LogP contribution in [0.15, 0.2) is 36.4 Å². The number of aromatic nitrogens is 1. The van der Waals surface area contributed by atoms with Crippen LogP contribution >= 0.6 is 0 Å². The van der Waals surface area contributed by atoms with Gasteiger partial charge in [0.1, 0.15) is 11.9 Å². The average Bonchev–Trinajstić information content (AvgIpc) is 3.22. The molecule has 1 aliphatic carbocycles. The largest absolute Gasteiger partial charge is 0.480 e. The molecule has 0 unspecified atom stereocenters. The van der Waals surface area contributed by atoms with Gasteiger partial charge in [0, 0.05) is 35.0 Å². The van der Waals surface area contributed by atoms with Gasteiger partial charge in [-0.3, -0.25) is 9.69 Å². The molecule has 2 fully saturated rings. The van der Waals surface area contributed by atoms with Crippen LogP contribution in [-0.2, 0) is 4.79 Å². The quantitative estimate of drug-likeness (QED) is 0.315. The van der Waals surface area contributed by atoms with E-state index in [9.17, 15) is 9.18 Å². The molecule has 7 nitrogen and oxygen atoms in total. The lowest BCUT2D eigenvalue weighted by atomic mass is 9.66. The maximum Gasteiger partial charge on any atom is 0.317 e. The summed E-state index contributed by atoms with van der Waals surface area (Å²) >= 11 is 0. The minimum absolute atomic E-state index is 0.00852. The molecule has 1 saturated carbocycles. The Balaban J connectivity index is 1.52. The number of aliphatic carboxylic acids is 1. The Morgan fingerprint density at radius 2 is 2.03 bits per heavy atom. The molecule has 4 N–H and O–H groups in total. The van der Waals surface area contributed by atoms with Crippen molar-refractivity contribution in [2.45, 2.75) is 45.1 Å². The number of halogens is 1. The van der Waals surface area contributed by atoms with E-state index in [4.69, 9.17) is 26.0 Å². The van der Waals surface area contributed by atoms with E-state index in [2.05, 4.69) is 13.8 Å². The molecule has 36 heavy (non-hydrogen) atoms. The first-order valence-electron chi connectivity index (χ1n) is 12.3. The highest BCUT2D eigenvalue weighted by atomic mass is 19.1. The van der Waals surface area contributed by atoms with Crippen molar-refractivity contribution in [1.82, 2.24) is 9.88 Å². The second-order valence-corrected chi connectivity index (χ2v) is 10.5. The van der Waals surface area contributed by atoms with Crippen molar-refractivity contribution in [1.29, 1.82) is 5.41 Å². The molecule has 0 atom stereocenters. The molecule has 0 radical (unpaired) electrons. The Bertz CT molecular complexity index is 1330. The molecule has 2 aliphatic rings. The topological polar surface area (TPSA) is 113 Å². The third kappa shape index (κ3) is 4.41. The molecular formula is C28H31FN4O3. The molecule has 1 aliphatic heterocycles. The summed E-state index contributed by atoms with van der Waals surface area (Å²) in [5.41, 5.74) is 10.0. The van der Waals surface area contributed by atoms with Gasteiger partial charge in [0.2, 0.25) is 5.88 Å². The molecule has 0 bridgehead atoms. The Hall–Kier alpha value is -3.52. The van der Waals surface area contributed by atoms with E-state index in [1.807, 2.05) is 17.0 Å². The number of fused-ring (bicyclic) bond motifs is 1. The highest BCUT2D eigenvalue weighted by Crippen LogP contribution is 2.50. The van der Waals surface area contributed by atoms with E-state index >= 15 is 0 Å². The van der Waals surface area contributed by atoms with Crippen molar-refractivity contribution < 1.29 is 19.0 Å². The maximum atomic E-state index is 13.7. The number of nitrogens with zero attached hydrogens (tertiary/aromatic N) is 2. The number of nitrogens with two attached hydrogens (primary N) is 1. The molecule has 5 rings (SSSR count). The summed E-state index contributed by atoms with van der Waals surface area (Å²) in [7, 11) is 0. The number of carboxylic acid groups (broad SMARTS) is 1. The summed E-state index contributed by atoms with van der Waals surface area (Å²) in [6.45, 7) is 5.79. The summed E-state index contributed by atoms with van der Waals surface area (Å²) in [4.78, 5) is 18.1. The van der Waals surface area contributed by atoms with Crippen LogP contribution in [0, 0.1) is 16.6 Å². The second-order valence-electron chi connectivity index (χ2n) is 10.5. The number of carboxylic acids is 1. The third-order valence-corrected chi connectivity index (χ3v) is 7.51. The Morgan fingerprint density at radius 3 is 2.67 bits per heavy atom. The Morgan fingerprint density at radius 1 is 1.31 bits per heavy atom. The van der Waals surface area contributed by atoms with Gasteiger partial charge in [0.25, 0.3) is 0 Å². The summed E-state index contributed by atoms with van der Waals surface area (Å²) in [6.07, 6.45) is 3.92. The van der Waals surface area contributed by atoms with E-state index < -0.39 is 5.97 Å². The fraction of sp³-hybridized carbons (Fsp3) is 0.393. The van der Waals surface area contributed by atoms with Crippen LogP contribution in [0.2, 0.25) is 0 Å². The van der Waals surface area contributed by atoms with Gasteiger partial charge < -0.3 is 21.0 Å². The summed E-state index contributed by atoms with van der Waals surface area (Å²) in [5, 5.41) is 18.6. The number of hydrogen-bond acceptors (Lipinski definition) is 6. The summed E-state index contributed by atoms with van der Waals surface area (Å²) in [5.74, 6) is -0.508. The Labute approximate surface area is 209 Å². The zero-order chi connectivity index (χ0) is 25.6. The van der Waals surface area contributed by atoms with Crippen LogP contribution < -0.4 is 10.5 Å². The zero-order valence-corrected chi connectivity index (χ0v) is 20.6. The number of nitrogen functional groups attached to an aromatic ring is 1. The molecule has 1 aromatic heterocycles. The van der Waals surface area contributed by atoms with Crippen LogP contribution in [0.5, 0.6) is 5.88 Å². The van der Waals surface area contributed by atoms with Gasteiger partial charge in [-0.05, 0) is 72.4 Å². The predicted molar refractivity (Wildman–Crippen MR) is 138 cm³/mol. The molecule has 1 saturated heterocycles. The fourth-order valence-corrected chi connectivity index (χ4v) is 5.77. The summed E-state index contributed by atoms with van der Waals surface area (Å²) < 4.78 is 20.2. The van der Waals surface area contributed by atoms with E-state index in [0.717, 1.165) is 59.9 Å². The van der Waals surface area contributed by atoms with Crippen LogP contribution in [-0.4, -0.2) is 52.9 Å². The minimum Gasteiger partial charge on any atom is -0.480 e. The lowest BCUT2D eigenvalue weighted by molar-refractivity contribution is -0.138. The van der Waals surface area contributed by atoms with Gasteiger partial charge in [0.05, 0.1) is 12.2 Å². The van der Waals surface area contributed by atoms with Gasteiger partial charge in [0.15, 0.2) is 0 Å². The van der Waals surface area contributed by atoms with E-state index in [0.29, 0.717) is 17.1 Å². The second kappa shape index (κ2) is 9.17. The molecule has 1 spiro atoms. The molecule has 8 heteroatoms. The average molecular weight is 491 g/mol. The van der Waals surface area contributed by atoms with Crippen molar-refractivity contribution in [3.05, 3.63) is 53.5 Å². The van der Waals surface area contributed by atoms with Crippen molar-refractivity contribution in [3.63, 3.8) is 0 Å². The normalized spacial score (nSPS) is 21.7. The predicted octanol–water partition coefficient (Wildman–Crippen LogP) is 5.06. The van der Waals surface area contributed by atoms with Crippen LogP contribution in [0.3, 0.4) is 0 Å². The Kier molecular flexibility index (Phi) is 6.16. The van der Waals surface area contributed by atoms with E-state index in [-0.39, 0.29) is 29.8 Å². The minimum atomic E-state index is -0.792. The zero-order valence-electron chi connectivity index (χ0n) is 20.6. The summed E-state index contributed by atoms with van der Waals surface area (Å²) in [6, 6.07) is 10.1. The lowest BCUT2D eigenvalue weighted by Gasteiger charge is -2.44. The van der Waals surface area contributed by atoms with Crippen molar-refractivity contribution in [2.24, 2.45) is 5.41 Å². The third-order valence-electron chi connectivity index (χ3n) is 7.51. The molecular weight excluding hydrogens is 459 g/mol. The van der Waals surface area contributed by atoms with Crippen LogP contribution in [0.1, 0.15) is 50.3 Å². The van der Waals surface area contributed by atoms with Gasteiger partial charge in [-0.25, -0.2) is 9.37 Å². The first-order valence-corrected chi connectivity index (χ1v) is 12.3. The smallest absolute Gasteiger partial charge is 0.317 e. The van der Waals surface area contributed by atoms with Crippen LogP contribution in [0.4, 0.5) is 10.1 Å². The fourth-order valence-electron chi connectivity index (χ4n) is 5.77. The monoisotopic (exact) mass is 490 g/mol. The molecule has 2 heterocycles. The van der Waals surface area contributed by atoms with E-state index in [1.165, 1.54) is 18.3 Å². The number of hydrogen-bond donors (Lipinski definition) is 3. The number of pyridine rings is 1. The van der Waals surface area contributed by atoms with E-state index in [1.54, 1.807) is 12.1 Å². The highest BCUT2D eigenvalue weighted by molar-refractivity contribution is 6.05. The van der Waals surface area contributed by atoms with Crippen molar-refractivity contribution in [2.75, 3.05) is 25.4 Å². The number of benzene rings is 2. The number of likely N-dealkylation sites (tertiary alicyclic amines) is 1. The number of ether oxygens (including phenoxy) is 1. The molecule has 188 valence electrons. The number of carbonyl (C=O) groups is 1. The van der Waals surface area contributed by atoms with Gasteiger partial charge in [-0.2, -0.15) is 0 Å². The first kappa shape index (κ1) is 24.2. The number of nitrogens with one attached hydrogen (secondary N) is 1. The van der Waals surface area contributed by atoms with Gasteiger partial charge >= 0.3 is 5.97 Å². The van der Waals surface area contributed by atoms with Crippen molar-refractivity contribution in [3.8, 4) is 17.0 Å². The molecule has 3 aromatic rings.